The van der Waals surface area contributed by atoms with Gasteiger partial charge in [0.15, 0.2) is 5.82 Å². The fourth-order valence-electron chi connectivity index (χ4n) is 1.53. The van der Waals surface area contributed by atoms with Crippen LogP contribution >= 0.6 is 12.4 Å². The van der Waals surface area contributed by atoms with Crippen molar-refractivity contribution in [2.24, 2.45) is 5.73 Å². The highest BCUT2D eigenvalue weighted by Gasteiger charge is 2.06. The van der Waals surface area contributed by atoms with E-state index in [4.69, 9.17) is 5.73 Å². The highest BCUT2D eigenvalue weighted by Crippen LogP contribution is 2.16. The van der Waals surface area contributed by atoms with Crippen molar-refractivity contribution in [1.29, 1.82) is 0 Å². The molecule has 5 nitrogen and oxygen atoms in total. The third-order valence-electron chi connectivity index (χ3n) is 2.52. The third-order valence-corrected chi connectivity index (χ3v) is 2.52. The first-order chi connectivity index (χ1) is 7.72. The number of rotatable bonds is 3. The van der Waals surface area contributed by atoms with Gasteiger partial charge in [0.05, 0.1) is 12.2 Å². The highest BCUT2D eigenvalue weighted by molar-refractivity contribution is 5.85. The number of nitrogens with zero attached hydrogens (tertiary/aromatic N) is 4. The van der Waals surface area contributed by atoms with Gasteiger partial charge in [-0.2, -0.15) is 4.68 Å². The van der Waals surface area contributed by atoms with Crippen LogP contribution in [0.1, 0.15) is 31.2 Å². The van der Waals surface area contributed by atoms with Crippen LogP contribution in [0.3, 0.4) is 0 Å². The first kappa shape index (κ1) is 13.6. The Labute approximate surface area is 106 Å². The van der Waals surface area contributed by atoms with E-state index < -0.39 is 0 Å². The lowest BCUT2D eigenvalue weighted by molar-refractivity contribution is 0.759. The zero-order chi connectivity index (χ0) is 11.5. The second-order valence-electron chi connectivity index (χ2n) is 3.96. The highest BCUT2D eigenvalue weighted by atomic mass is 35.5. The molecule has 0 aliphatic carbocycles. The second kappa shape index (κ2) is 5.75. The molecular weight excluding hydrogens is 238 g/mol. The van der Waals surface area contributed by atoms with E-state index in [9.17, 15) is 0 Å². The minimum Gasteiger partial charge on any atom is -0.324 e. The molecule has 0 bridgehead atoms. The molecule has 0 radical (unpaired) electrons. The number of tetrazole rings is 1. The lowest BCUT2D eigenvalue weighted by Gasteiger charge is -2.07. The molecule has 2 aromatic rings. The Morgan fingerprint density at radius 3 is 2.41 bits per heavy atom. The zero-order valence-corrected chi connectivity index (χ0v) is 10.7. The topological polar surface area (TPSA) is 69.6 Å². The molecule has 0 saturated heterocycles. The quantitative estimate of drug-likeness (QED) is 0.903. The van der Waals surface area contributed by atoms with Gasteiger partial charge in [-0.1, -0.05) is 26.0 Å². The standard InChI is InChI=1S/C11H15N5.ClH/c1-8(2)9-3-5-10(6-4-9)16-11(7-12)13-14-15-16;/h3-6,8H,7,12H2,1-2H3;1H. The van der Waals surface area contributed by atoms with Gasteiger partial charge < -0.3 is 5.73 Å². The van der Waals surface area contributed by atoms with Gasteiger partial charge in [-0.3, -0.25) is 0 Å². The molecule has 2 N–H and O–H groups in total. The van der Waals surface area contributed by atoms with Crippen molar-refractivity contribution in [2.45, 2.75) is 26.3 Å². The van der Waals surface area contributed by atoms with Crippen LogP contribution in [0.4, 0.5) is 0 Å². The van der Waals surface area contributed by atoms with Crippen molar-refractivity contribution in [3.05, 3.63) is 35.7 Å². The first-order valence-electron chi connectivity index (χ1n) is 5.30. The normalized spacial score (nSPS) is 10.4. The predicted octanol–water partition coefficient (Wildman–Crippen LogP) is 1.67. The molecule has 0 atom stereocenters. The summed E-state index contributed by atoms with van der Waals surface area (Å²) in [7, 11) is 0. The van der Waals surface area contributed by atoms with Crippen molar-refractivity contribution < 1.29 is 0 Å². The molecular formula is C11H16ClN5. The van der Waals surface area contributed by atoms with E-state index in [1.54, 1.807) is 4.68 Å². The van der Waals surface area contributed by atoms with Gasteiger partial charge in [-0.15, -0.1) is 17.5 Å². The number of hydrogen-bond acceptors (Lipinski definition) is 4. The van der Waals surface area contributed by atoms with Crippen LogP contribution in [-0.2, 0) is 6.54 Å². The van der Waals surface area contributed by atoms with Gasteiger partial charge >= 0.3 is 0 Å². The van der Waals surface area contributed by atoms with Crippen LogP contribution in [-0.4, -0.2) is 20.2 Å². The molecule has 6 heteroatoms. The molecule has 0 amide bonds. The van der Waals surface area contributed by atoms with Gasteiger partial charge in [0.1, 0.15) is 0 Å². The number of benzene rings is 1. The molecule has 1 aromatic carbocycles. The predicted molar refractivity (Wildman–Crippen MR) is 68.4 cm³/mol. The number of aromatic nitrogens is 4. The summed E-state index contributed by atoms with van der Waals surface area (Å²) in [6.45, 7) is 4.66. The summed E-state index contributed by atoms with van der Waals surface area (Å²) in [6.07, 6.45) is 0. The lowest BCUT2D eigenvalue weighted by Crippen LogP contribution is -2.08. The van der Waals surface area contributed by atoms with Gasteiger partial charge in [0, 0.05) is 0 Å². The van der Waals surface area contributed by atoms with Gasteiger partial charge in [-0.05, 0) is 34.0 Å². The summed E-state index contributed by atoms with van der Waals surface area (Å²) >= 11 is 0. The van der Waals surface area contributed by atoms with Crippen LogP contribution in [0.2, 0.25) is 0 Å². The van der Waals surface area contributed by atoms with Crippen molar-refractivity contribution >= 4 is 12.4 Å². The van der Waals surface area contributed by atoms with E-state index in [1.165, 1.54) is 5.56 Å². The summed E-state index contributed by atoms with van der Waals surface area (Å²) in [5.74, 6) is 1.19. The second-order valence-corrected chi connectivity index (χ2v) is 3.96. The summed E-state index contributed by atoms with van der Waals surface area (Å²) in [6, 6.07) is 8.18. The fraction of sp³-hybridized carbons (Fsp3) is 0.364. The molecule has 92 valence electrons. The fourth-order valence-corrected chi connectivity index (χ4v) is 1.53. The van der Waals surface area contributed by atoms with E-state index >= 15 is 0 Å². The minimum atomic E-state index is 0. The number of hydrogen-bond donors (Lipinski definition) is 1. The molecule has 1 aromatic heterocycles. The van der Waals surface area contributed by atoms with E-state index in [0.717, 1.165) is 5.69 Å². The van der Waals surface area contributed by atoms with Crippen molar-refractivity contribution in [3.8, 4) is 5.69 Å². The molecule has 0 aliphatic rings. The Bertz CT molecular complexity index is 463. The van der Waals surface area contributed by atoms with Gasteiger partial charge in [0.2, 0.25) is 0 Å². The molecule has 2 rings (SSSR count). The maximum absolute atomic E-state index is 5.55. The summed E-state index contributed by atoms with van der Waals surface area (Å²) in [4.78, 5) is 0. The Hall–Kier alpha value is -1.46. The number of nitrogens with two attached hydrogens (primary N) is 1. The maximum atomic E-state index is 5.55. The maximum Gasteiger partial charge on any atom is 0.170 e. The van der Waals surface area contributed by atoms with Crippen LogP contribution in [0, 0.1) is 0 Å². The molecule has 0 unspecified atom stereocenters. The monoisotopic (exact) mass is 253 g/mol. The van der Waals surface area contributed by atoms with E-state index in [0.29, 0.717) is 18.3 Å². The van der Waals surface area contributed by atoms with Crippen LogP contribution in [0.25, 0.3) is 5.69 Å². The van der Waals surface area contributed by atoms with Crippen LogP contribution in [0.15, 0.2) is 24.3 Å². The Morgan fingerprint density at radius 1 is 1.24 bits per heavy atom. The van der Waals surface area contributed by atoms with Gasteiger partial charge in [0.25, 0.3) is 0 Å². The summed E-state index contributed by atoms with van der Waals surface area (Å²) in [5.41, 5.74) is 7.78. The van der Waals surface area contributed by atoms with Crippen molar-refractivity contribution in [2.75, 3.05) is 0 Å². The Kier molecular flexibility index (Phi) is 4.60. The summed E-state index contributed by atoms with van der Waals surface area (Å²) < 4.78 is 1.66. The molecule has 0 saturated carbocycles. The average Bonchev–Trinajstić information content (AvgIpc) is 2.77. The Morgan fingerprint density at radius 2 is 1.88 bits per heavy atom. The largest absolute Gasteiger partial charge is 0.324 e. The molecule has 0 spiro atoms. The molecule has 17 heavy (non-hydrogen) atoms. The van der Waals surface area contributed by atoms with E-state index in [-0.39, 0.29) is 12.4 Å². The molecule has 0 aliphatic heterocycles. The van der Waals surface area contributed by atoms with Crippen molar-refractivity contribution in [1.82, 2.24) is 20.2 Å². The van der Waals surface area contributed by atoms with E-state index in [2.05, 4.69) is 41.5 Å². The van der Waals surface area contributed by atoms with Gasteiger partial charge in [-0.25, -0.2) is 0 Å². The molecule has 0 fully saturated rings. The zero-order valence-electron chi connectivity index (χ0n) is 9.87. The Balaban J connectivity index is 0.00000144. The SMILES string of the molecule is CC(C)c1ccc(-n2nnnc2CN)cc1.Cl. The van der Waals surface area contributed by atoms with Crippen LogP contribution in [0.5, 0.6) is 0 Å². The number of halogens is 1. The van der Waals surface area contributed by atoms with Crippen molar-refractivity contribution in [3.63, 3.8) is 0 Å². The minimum absolute atomic E-state index is 0. The lowest BCUT2D eigenvalue weighted by atomic mass is 10.0. The average molecular weight is 254 g/mol. The van der Waals surface area contributed by atoms with Crippen LogP contribution < -0.4 is 5.73 Å². The third kappa shape index (κ3) is 2.81. The smallest absolute Gasteiger partial charge is 0.170 e. The van der Waals surface area contributed by atoms with E-state index in [1.807, 2.05) is 12.1 Å². The molecule has 1 heterocycles. The first-order valence-corrected chi connectivity index (χ1v) is 5.30. The summed E-state index contributed by atoms with van der Waals surface area (Å²) in [5, 5.41) is 11.4.